The Bertz CT molecular complexity index is 1060. The van der Waals surface area contributed by atoms with Gasteiger partial charge in [-0.05, 0) is 49.8 Å². The summed E-state index contributed by atoms with van der Waals surface area (Å²) in [6.45, 7) is 3.81. The van der Waals surface area contributed by atoms with E-state index in [1.807, 2.05) is 13.8 Å². The van der Waals surface area contributed by atoms with Crippen LogP contribution in [0.4, 0.5) is 5.69 Å². The van der Waals surface area contributed by atoms with E-state index in [2.05, 4.69) is 4.99 Å². The van der Waals surface area contributed by atoms with Gasteiger partial charge in [0, 0.05) is 11.6 Å². The minimum absolute atomic E-state index is 0.0198. The number of ether oxygens (including phenoxy) is 4. The summed E-state index contributed by atoms with van der Waals surface area (Å²) in [6.07, 6.45) is 1.52. The first kappa shape index (κ1) is 20.8. The molecule has 0 atom stereocenters. The lowest BCUT2D eigenvalue weighted by atomic mass is 10.1. The summed E-state index contributed by atoms with van der Waals surface area (Å²) in [5.74, 6) is 0.506. The van der Waals surface area contributed by atoms with Gasteiger partial charge in [0.15, 0.2) is 22.9 Å². The average molecular weight is 412 g/mol. The highest BCUT2D eigenvalue weighted by atomic mass is 16.6. The number of benzene rings is 2. The van der Waals surface area contributed by atoms with Gasteiger partial charge in [0.05, 0.1) is 25.2 Å². The molecule has 1 aliphatic heterocycles. The number of aliphatic imine (C=N–C) groups is 1. The molecule has 1 aliphatic rings. The van der Waals surface area contributed by atoms with Crippen LogP contribution in [0.15, 0.2) is 47.1 Å². The zero-order valence-corrected chi connectivity index (χ0v) is 16.9. The Kier molecular flexibility index (Phi) is 6.01. The largest absolute Gasteiger partial charge is 0.493 e. The van der Waals surface area contributed by atoms with E-state index in [1.165, 1.54) is 38.5 Å². The van der Waals surface area contributed by atoms with Gasteiger partial charge in [-0.2, -0.15) is 0 Å². The van der Waals surface area contributed by atoms with Gasteiger partial charge in [0.2, 0.25) is 5.90 Å². The first-order valence-corrected chi connectivity index (χ1v) is 9.02. The molecule has 156 valence electrons. The van der Waals surface area contributed by atoms with E-state index in [-0.39, 0.29) is 34.7 Å². The Labute approximate surface area is 172 Å². The number of methoxy groups -OCH3 is 2. The Morgan fingerprint density at radius 2 is 1.77 bits per heavy atom. The number of rotatable bonds is 7. The molecule has 30 heavy (non-hydrogen) atoms. The van der Waals surface area contributed by atoms with Crippen molar-refractivity contribution in [1.82, 2.24) is 0 Å². The summed E-state index contributed by atoms with van der Waals surface area (Å²) in [6, 6.07) is 9.40. The molecule has 2 aromatic rings. The van der Waals surface area contributed by atoms with E-state index < -0.39 is 10.9 Å². The molecule has 0 amide bonds. The van der Waals surface area contributed by atoms with Crippen molar-refractivity contribution >= 4 is 23.6 Å². The van der Waals surface area contributed by atoms with Gasteiger partial charge in [0.25, 0.3) is 0 Å². The number of cyclic esters (lactones) is 1. The maximum atomic E-state index is 12.3. The van der Waals surface area contributed by atoms with Gasteiger partial charge in [-0.3, -0.25) is 10.1 Å². The van der Waals surface area contributed by atoms with Crippen LogP contribution >= 0.6 is 0 Å². The molecular weight excluding hydrogens is 392 g/mol. The van der Waals surface area contributed by atoms with Crippen LogP contribution in [0.1, 0.15) is 25.0 Å². The van der Waals surface area contributed by atoms with Gasteiger partial charge in [-0.1, -0.05) is 6.07 Å². The predicted molar refractivity (Wildman–Crippen MR) is 109 cm³/mol. The van der Waals surface area contributed by atoms with Crippen molar-refractivity contribution in [2.45, 2.75) is 20.0 Å². The Balaban J connectivity index is 1.93. The SMILES string of the molecule is COc1cc(/C=C2\N=C(c3ccc(OC)c([N+](=O)[O-])c3)OC2=O)ccc1OC(C)C. The monoisotopic (exact) mass is 412 g/mol. The second-order valence-corrected chi connectivity index (χ2v) is 6.56. The second kappa shape index (κ2) is 8.64. The third-order valence-electron chi connectivity index (χ3n) is 4.10. The van der Waals surface area contributed by atoms with Gasteiger partial charge >= 0.3 is 11.7 Å². The number of esters is 1. The van der Waals surface area contributed by atoms with Gasteiger partial charge in [-0.15, -0.1) is 0 Å². The van der Waals surface area contributed by atoms with Crippen LogP contribution in [0.2, 0.25) is 0 Å². The molecule has 1 heterocycles. The summed E-state index contributed by atoms with van der Waals surface area (Å²) in [7, 11) is 2.86. The lowest BCUT2D eigenvalue weighted by molar-refractivity contribution is -0.385. The van der Waals surface area contributed by atoms with Crippen molar-refractivity contribution in [2.75, 3.05) is 14.2 Å². The Hall–Kier alpha value is -3.88. The molecule has 0 aromatic heterocycles. The van der Waals surface area contributed by atoms with Crippen molar-refractivity contribution in [1.29, 1.82) is 0 Å². The summed E-state index contributed by atoms with van der Waals surface area (Å²) < 4.78 is 21.2. The number of nitro benzene ring substituents is 1. The standard InChI is InChI=1S/C21H20N2O7/c1-12(2)29-18-7-5-13(10-19(18)28-4)9-15-21(24)30-20(22-15)14-6-8-17(27-3)16(11-14)23(25)26/h5-12H,1-4H3/b15-9-. The molecule has 0 saturated heterocycles. The zero-order chi connectivity index (χ0) is 21.8. The van der Waals surface area contributed by atoms with Crippen LogP contribution in [0.5, 0.6) is 17.2 Å². The second-order valence-electron chi connectivity index (χ2n) is 6.56. The molecule has 0 unspecified atom stereocenters. The van der Waals surface area contributed by atoms with Crippen molar-refractivity contribution in [3.8, 4) is 17.2 Å². The Morgan fingerprint density at radius 1 is 1.07 bits per heavy atom. The quantitative estimate of drug-likeness (QED) is 0.295. The Morgan fingerprint density at radius 3 is 2.40 bits per heavy atom. The molecule has 0 N–H and O–H groups in total. The highest BCUT2D eigenvalue weighted by Crippen LogP contribution is 2.32. The minimum atomic E-state index is -0.662. The summed E-state index contributed by atoms with van der Waals surface area (Å²) in [4.78, 5) is 27.1. The maximum absolute atomic E-state index is 12.3. The van der Waals surface area contributed by atoms with E-state index in [0.29, 0.717) is 17.1 Å². The van der Waals surface area contributed by atoms with Crippen molar-refractivity contribution in [3.63, 3.8) is 0 Å². The smallest absolute Gasteiger partial charge is 0.363 e. The van der Waals surface area contributed by atoms with Gasteiger partial charge in [0.1, 0.15) is 0 Å². The first-order valence-electron chi connectivity index (χ1n) is 9.02. The average Bonchev–Trinajstić information content (AvgIpc) is 3.08. The number of nitrogens with zero attached hydrogens (tertiary/aromatic N) is 2. The predicted octanol–water partition coefficient (Wildman–Crippen LogP) is 3.74. The van der Waals surface area contributed by atoms with E-state index in [9.17, 15) is 14.9 Å². The summed E-state index contributed by atoms with van der Waals surface area (Å²) in [5, 5.41) is 11.2. The van der Waals surface area contributed by atoms with Crippen LogP contribution in [0.25, 0.3) is 6.08 Å². The topological polar surface area (TPSA) is 109 Å². The van der Waals surface area contributed by atoms with Crippen LogP contribution in [0.3, 0.4) is 0 Å². The van der Waals surface area contributed by atoms with Crippen LogP contribution in [-0.4, -0.2) is 37.1 Å². The van der Waals surface area contributed by atoms with Crippen molar-refractivity contribution < 1.29 is 28.7 Å². The van der Waals surface area contributed by atoms with E-state index >= 15 is 0 Å². The molecule has 9 heteroatoms. The minimum Gasteiger partial charge on any atom is -0.493 e. The van der Waals surface area contributed by atoms with Crippen LogP contribution in [0, 0.1) is 10.1 Å². The third-order valence-corrected chi connectivity index (χ3v) is 4.10. The summed E-state index contributed by atoms with van der Waals surface area (Å²) >= 11 is 0. The molecule has 0 spiro atoms. The van der Waals surface area contributed by atoms with Crippen molar-refractivity contribution in [3.05, 3.63) is 63.3 Å². The molecule has 0 aliphatic carbocycles. The molecule has 2 aromatic carbocycles. The molecule has 0 radical (unpaired) electrons. The molecule has 0 saturated carbocycles. The normalized spacial score (nSPS) is 14.5. The zero-order valence-electron chi connectivity index (χ0n) is 16.9. The lowest BCUT2D eigenvalue weighted by Crippen LogP contribution is -2.07. The van der Waals surface area contributed by atoms with Crippen LogP contribution in [-0.2, 0) is 9.53 Å². The maximum Gasteiger partial charge on any atom is 0.363 e. The van der Waals surface area contributed by atoms with E-state index in [0.717, 1.165) is 0 Å². The van der Waals surface area contributed by atoms with E-state index in [4.69, 9.17) is 18.9 Å². The fraction of sp³-hybridized carbons (Fsp3) is 0.238. The molecule has 0 bridgehead atoms. The highest BCUT2D eigenvalue weighted by Gasteiger charge is 2.26. The third kappa shape index (κ3) is 4.40. The number of hydrogen-bond donors (Lipinski definition) is 0. The fourth-order valence-electron chi connectivity index (χ4n) is 2.78. The molecule has 3 rings (SSSR count). The molecule has 9 nitrogen and oxygen atoms in total. The first-order chi connectivity index (χ1) is 14.3. The van der Waals surface area contributed by atoms with Gasteiger partial charge in [-0.25, -0.2) is 9.79 Å². The highest BCUT2D eigenvalue weighted by molar-refractivity contribution is 6.13. The number of nitro groups is 1. The van der Waals surface area contributed by atoms with Crippen LogP contribution < -0.4 is 14.2 Å². The lowest BCUT2D eigenvalue weighted by Gasteiger charge is -2.13. The van der Waals surface area contributed by atoms with Gasteiger partial charge < -0.3 is 18.9 Å². The fourth-order valence-corrected chi connectivity index (χ4v) is 2.78. The molecular formula is C21H20N2O7. The number of carbonyl (C=O) groups is 1. The number of carbonyl (C=O) groups excluding carboxylic acids is 1. The number of hydrogen-bond acceptors (Lipinski definition) is 8. The molecule has 0 fully saturated rings. The summed E-state index contributed by atoms with van der Waals surface area (Å²) in [5.41, 5.74) is 0.748. The van der Waals surface area contributed by atoms with Crippen molar-refractivity contribution in [2.24, 2.45) is 4.99 Å². The van der Waals surface area contributed by atoms with E-state index in [1.54, 1.807) is 18.2 Å².